The number of rotatable bonds is 2. The standard InChI is InChI=1S/C14H12N4/c15-14-10-16-18(17-14)13-8-6-12(7-9-13)11-4-2-1-3-5-11/h1-10H,(H2,15,17). The zero-order valence-electron chi connectivity index (χ0n) is 9.69. The highest BCUT2D eigenvalue weighted by Crippen LogP contribution is 2.20. The topological polar surface area (TPSA) is 56.7 Å². The number of hydrogen-bond donors (Lipinski definition) is 1. The van der Waals surface area contributed by atoms with Gasteiger partial charge >= 0.3 is 0 Å². The molecule has 4 nitrogen and oxygen atoms in total. The van der Waals surface area contributed by atoms with Crippen LogP contribution in [-0.2, 0) is 0 Å². The van der Waals surface area contributed by atoms with Gasteiger partial charge in [-0.3, -0.25) is 0 Å². The van der Waals surface area contributed by atoms with Gasteiger partial charge in [0, 0.05) is 0 Å². The van der Waals surface area contributed by atoms with E-state index in [1.807, 2.05) is 42.5 Å². The van der Waals surface area contributed by atoms with E-state index in [9.17, 15) is 0 Å². The fourth-order valence-electron chi connectivity index (χ4n) is 1.82. The quantitative estimate of drug-likeness (QED) is 0.743. The molecule has 0 saturated carbocycles. The van der Waals surface area contributed by atoms with E-state index in [2.05, 4.69) is 22.3 Å². The Kier molecular flexibility index (Phi) is 2.53. The fourth-order valence-corrected chi connectivity index (χ4v) is 1.82. The maximum atomic E-state index is 5.54. The number of aromatic nitrogens is 3. The molecule has 18 heavy (non-hydrogen) atoms. The molecule has 0 aliphatic heterocycles. The molecule has 0 unspecified atom stereocenters. The van der Waals surface area contributed by atoms with Crippen LogP contribution in [0.1, 0.15) is 0 Å². The Morgan fingerprint density at radius 1 is 0.833 bits per heavy atom. The summed E-state index contributed by atoms with van der Waals surface area (Å²) in [6.45, 7) is 0. The Bertz CT molecular complexity index is 641. The van der Waals surface area contributed by atoms with E-state index >= 15 is 0 Å². The third-order valence-electron chi connectivity index (χ3n) is 2.71. The van der Waals surface area contributed by atoms with Gasteiger partial charge in [-0.1, -0.05) is 42.5 Å². The van der Waals surface area contributed by atoms with E-state index in [0.717, 1.165) is 5.69 Å². The van der Waals surface area contributed by atoms with Gasteiger partial charge in [-0.05, 0) is 23.3 Å². The lowest BCUT2D eigenvalue weighted by Crippen LogP contribution is -1.98. The van der Waals surface area contributed by atoms with Crippen LogP contribution in [0.5, 0.6) is 0 Å². The van der Waals surface area contributed by atoms with E-state index in [0.29, 0.717) is 5.82 Å². The summed E-state index contributed by atoms with van der Waals surface area (Å²) in [4.78, 5) is 1.52. The smallest absolute Gasteiger partial charge is 0.166 e. The number of nitrogens with two attached hydrogens (primary N) is 1. The molecule has 3 aromatic rings. The molecular weight excluding hydrogens is 224 g/mol. The van der Waals surface area contributed by atoms with Gasteiger partial charge in [0.1, 0.15) is 0 Å². The summed E-state index contributed by atoms with van der Waals surface area (Å²) in [5.74, 6) is 0.419. The van der Waals surface area contributed by atoms with Crippen LogP contribution in [0.2, 0.25) is 0 Å². The number of nitrogen functional groups attached to an aromatic ring is 1. The maximum absolute atomic E-state index is 5.54. The van der Waals surface area contributed by atoms with Crippen LogP contribution in [0.3, 0.4) is 0 Å². The highest BCUT2D eigenvalue weighted by atomic mass is 15.5. The van der Waals surface area contributed by atoms with Crippen molar-refractivity contribution in [2.75, 3.05) is 5.73 Å². The van der Waals surface area contributed by atoms with Crippen LogP contribution >= 0.6 is 0 Å². The molecule has 2 N–H and O–H groups in total. The van der Waals surface area contributed by atoms with Gasteiger partial charge < -0.3 is 5.73 Å². The molecule has 1 heterocycles. The Balaban J connectivity index is 1.94. The largest absolute Gasteiger partial charge is 0.381 e. The highest BCUT2D eigenvalue weighted by molar-refractivity contribution is 5.64. The van der Waals surface area contributed by atoms with E-state index in [4.69, 9.17) is 5.73 Å². The van der Waals surface area contributed by atoms with Crippen molar-refractivity contribution in [3.05, 3.63) is 60.8 Å². The lowest BCUT2D eigenvalue weighted by molar-refractivity contribution is 0.754. The first-order valence-corrected chi connectivity index (χ1v) is 5.66. The molecule has 0 aliphatic carbocycles. The van der Waals surface area contributed by atoms with Crippen LogP contribution in [0.15, 0.2) is 60.8 Å². The molecule has 0 fully saturated rings. The molecule has 0 bridgehead atoms. The first-order valence-electron chi connectivity index (χ1n) is 5.66. The molecule has 0 amide bonds. The molecule has 0 aliphatic rings. The lowest BCUT2D eigenvalue weighted by atomic mass is 10.1. The summed E-state index contributed by atoms with van der Waals surface area (Å²) in [6.07, 6.45) is 1.53. The average molecular weight is 236 g/mol. The minimum atomic E-state index is 0.419. The van der Waals surface area contributed by atoms with Crippen molar-refractivity contribution in [3.63, 3.8) is 0 Å². The van der Waals surface area contributed by atoms with Crippen molar-refractivity contribution in [2.45, 2.75) is 0 Å². The van der Waals surface area contributed by atoms with Crippen molar-refractivity contribution >= 4 is 5.82 Å². The van der Waals surface area contributed by atoms with Crippen LogP contribution in [-0.4, -0.2) is 15.0 Å². The first kappa shape index (κ1) is 10.5. The molecule has 0 saturated heterocycles. The number of anilines is 1. The van der Waals surface area contributed by atoms with Gasteiger partial charge in [0.15, 0.2) is 5.82 Å². The fraction of sp³-hybridized carbons (Fsp3) is 0. The van der Waals surface area contributed by atoms with Crippen LogP contribution in [0.4, 0.5) is 5.82 Å². The van der Waals surface area contributed by atoms with Crippen molar-refractivity contribution in [1.29, 1.82) is 0 Å². The highest BCUT2D eigenvalue weighted by Gasteiger charge is 2.01. The van der Waals surface area contributed by atoms with E-state index in [1.165, 1.54) is 22.1 Å². The van der Waals surface area contributed by atoms with Crippen LogP contribution in [0, 0.1) is 0 Å². The minimum absolute atomic E-state index is 0.419. The lowest BCUT2D eigenvalue weighted by Gasteiger charge is -2.03. The second-order valence-corrected chi connectivity index (χ2v) is 3.97. The molecule has 2 aromatic carbocycles. The van der Waals surface area contributed by atoms with Crippen LogP contribution in [0.25, 0.3) is 16.8 Å². The van der Waals surface area contributed by atoms with E-state index < -0.39 is 0 Å². The van der Waals surface area contributed by atoms with Gasteiger partial charge in [-0.15, -0.1) is 9.90 Å². The zero-order valence-corrected chi connectivity index (χ0v) is 9.69. The summed E-state index contributed by atoms with van der Waals surface area (Å²) in [6, 6.07) is 18.3. The molecule has 0 radical (unpaired) electrons. The Hall–Kier alpha value is -2.62. The molecule has 3 rings (SSSR count). The summed E-state index contributed by atoms with van der Waals surface area (Å²) in [5, 5.41) is 8.14. The minimum Gasteiger partial charge on any atom is -0.381 e. The van der Waals surface area contributed by atoms with Gasteiger partial charge in [-0.2, -0.15) is 5.10 Å². The number of nitrogens with zero attached hydrogens (tertiary/aromatic N) is 3. The van der Waals surface area contributed by atoms with Gasteiger partial charge in [0.05, 0.1) is 11.9 Å². The SMILES string of the molecule is Nc1cnn(-c2ccc(-c3ccccc3)cc2)n1. The summed E-state index contributed by atoms with van der Waals surface area (Å²) in [5.41, 5.74) is 8.80. The average Bonchev–Trinajstić information content (AvgIpc) is 2.87. The molecule has 4 heteroatoms. The van der Waals surface area contributed by atoms with Gasteiger partial charge in [0.25, 0.3) is 0 Å². The molecule has 88 valence electrons. The molecule has 0 atom stereocenters. The third kappa shape index (κ3) is 1.96. The van der Waals surface area contributed by atoms with Crippen molar-refractivity contribution < 1.29 is 0 Å². The summed E-state index contributed by atoms with van der Waals surface area (Å²) < 4.78 is 0. The predicted octanol–water partition coefficient (Wildman–Crippen LogP) is 2.52. The normalized spacial score (nSPS) is 10.4. The Labute approximate surface area is 105 Å². The van der Waals surface area contributed by atoms with E-state index in [1.54, 1.807) is 0 Å². The van der Waals surface area contributed by atoms with Crippen LogP contribution < -0.4 is 5.73 Å². The number of hydrogen-bond acceptors (Lipinski definition) is 3. The molecular formula is C14H12N4. The van der Waals surface area contributed by atoms with E-state index in [-0.39, 0.29) is 0 Å². The van der Waals surface area contributed by atoms with Crippen molar-refractivity contribution in [1.82, 2.24) is 15.0 Å². The monoisotopic (exact) mass is 236 g/mol. The molecule has 1 aromatic heterocycles. The first-order chi connectivity index (χ1) is 8.83. The Morgan fingerprint density at radius 2 is 1.50 bits per heavy atom. The second kappa shape index (κ2) is 4.33. The summed E-state index contributed by atoms with van der Waals surface area (Å²) >= 11 is 0. The third-order valence-corrected chi connectivity index (χ3v) is 2.71. The zero-order chi connectivity index (χ0) is 12.4. The maximum Gasteiger partial charge on any atom is 0.166 e. The molecule has 0 spiro atoms. The predicted molar refractivity (Wildman–Crippen MR) is 71.2 cm³/mol. The van der Waals surface area contributed by atoms with Gasteiger partial charge in [0.2, 0.25) is 0 Å². The van der Waals surface area contributed by atoms with Crippen molar-refractivity contribution in [3.8, 4) is 16.8 Å². The van der Waals surface area contributed by atoms with Gasteiger partial charge in [-0.25, -0.2) is 0 Å². The summed E-state index contributed by atoms with van der Waals surface area (Å²) in [7, 11) is 0. The number of benzene rings is 2. The van der Waals surface area contributed by atoms with Crippen molar-refractivity contribution in [2.24, 2.45) is 0 Å². The Morgan fingerprint density at radius 3 is 2.11 bits per heavy atom. The second-order valence-electron chi connectivity index (χ2n) is 3.97.